The Hall–Kier alpha value is -3.13. The highest BCUT2D eigenvalue weighted by Crippen LogP contribution is 2.15. The van der Waals surface area contributed by atoms with Crippen LogP contribution in [0.5, 0.6) is 0 Å². The Kier molecular flexibility index (Phi) is 5.56. The molecule has 0 aliphatic heterocycles. The molecule has 2 aromatic heterocycles. The molecule has 27 heavy (non-hydrogen) atoms. The highest BCUT2D eigenvalue weighted by Gasteiger charge is 2.15. The normalized spacial score (nSPS) is 10.7. The van der Waals surface area contributed by atoms with Crippen LogP contribution in [-0.4, -0.2) is 36.5 Å². The van der Waals surface area contributed by atoms with Crippen LogP contribution in [0.25, 0.3) is 0 Å². The van der Waals surface area contributed by atoms with Crippen molar-refractivity contribution >= 4 is 29.3 Å². The van der Waals surface area contributed by atoms with Gasteiger partial charge in [0, 0.05) is 23.0 Å². The Balaban J connectivity index is 1.70. The van der Waals surface area contributed by atoms with Crippen LogP contribution in [0.1, 0.15) is 28.2 Å². The van der Waals surface area contributed by atoms with E-state index in [-0.39, 0.29) is 18.7 Å². The van der Waals surface area contributed by atoms with Crippen LogP contribution >= 0.6 is 11.6 Å². The number of aromatic nitrogens is 4. The molecule has 9 heteroatoms. The molecule has 8 nitrogen and oxygen atoms in total. The van der Waals surface area contributed by atoms with Crippen LogP contribution in [0.4, 0.5) is 5.82 Å². The largest absolute Gasteiger partial charge is 0.481 e. The summed E-state index contributed by atoms with van der Waals surface area (Å²) in [7, 11) is 0. The summed E-state index contributed by atoms with van der Waals surface area (Å²) in [6, 6.07) is 10.8. The molecule has 0 bridgehead atoms. The van der Waals surface area contributed by atoms with Gasteiger partial charge in [-0.1, -0.05) is 23.7 Å². The zero-order chi connectivity index (χ0) is 19.4. The number of amides is 1. The fraction of sp³-hybridized carbons (Fsp3) is 0.222. The number of rotatable bonds is 7. The van der Waals surface area contributed by atoms with E-state index in [2.05, 4.69) is 15.5 Å². The molecule has 1 aromatic carbocycles. The quantitative estimate of drug-likeness (QED) is 0.649. The fourth-order valence-electron chi connectivity index (χ4n) is 2.63. The van der Waals surface area contributed by atoms with Crippen molar-refractivity contribution in [1.29, 1.82) is 0 Å². The molecule has 0 spiro atoms. The summed E-state index contributed by atoms with van der Waals surface area (Å²) in [5, 5.41) is 20.6. The zero-order valence-corrected chi connectivity index (χ0v) is 15.3. The Morgan fingerprint density at radius 3 is 2.78 bits per heavy atom. The van der Waals surface area contributed by atoms with Gasteiger partial charge in [-0.3, -0.25) is 19.0 Å². The topological polar surface area (TPSA) is 102 Å². The van der Waals surface area contributed by atoms with Crippen molar-refractivity contribution in [3.63, 3.8) is 0 Å². The maximum absolute atomic E-state index is 12.5. The Labute approximate surface area is 160 Å². The zero-order valence-electron chi connectivity index (χ0n) is 14.6. The van der Waals surface area contributed by atoms with Crippen LogP contribution in [0.2, 0.25) is 5.02 Å². The van der Waals surface area contributed by atoms with Gasteiger partial charge in [0.25, 0.3) is 5.91 Å². The van der Waals surface area contributed by atoms with Gasteiger partial charge in [-0.05, 0) is 30.7 Å². The minimum absolute atomic E-state index is 0.116. The number of carbonyl (C=O) groups excluding carboxylic acids is 1. The molecule has 2 heterocycles. The van der Waals surface area contributed by atoms with Gasteiger partial charge in [0.15, 0.2) is 5.82 Å². The van der Waals surface area contributed by atoms with Gasteiger partial charge in [-0.2, -0.15) is 10.2 Å². The van der Waals surface area contributed by atoms with E-state index < -0.39 is 11.9 Å². The molecule has 0 atom stereocenters. The number of carbonyl (C=O) groups is 2. The summed E-state index contributed by atoms with van der Waals surface area (Å²) in [4.78, 5) is 23.2. The monoisotopic (exact) mass is 387 g/mol. The fourth-order valence-corrected chi connectivity index (χ4v) is 2.84. The summed E-state index contributed by atoms with van der Waals surface area (Å²) in [5.41, 5.74) is 2.15. The van der Waals surface area contributed by atoms with Gasteiger partial charge in [0.1, 0.15) is 5.69 Å². The molecule has 140 valence electrons. The molecule has 0 aliphatic carbocycles. The SMILES string of the molecule is Cc1cc(NC(=O)c2ccnn2CCC(=O)O)nn1Cc1cccc(Cl)c1. The molecule has 2 N–H and O–H groups in total. The lowest BCUT2D eigenvalue weighted by molar-refractivity contribution is -0.137. The molecule has 0 saturated carbocycles. The molecule has 1 amide bonds. The highest BCUT2D eigenvalue weighted by atomic mass is 35.5. The van der Waals surface area contributed by atoms with Crippen LogP contribution < -0.4 is 5.32 Å². The summed E-state index contributed by atoms with van der Waals surface area (Å²) in [6.45, 7) is 2.54. The lowest BCUT2D eigenvalue weighted by Crippen LogP contribution is -2.19. The van der Waals surface area contributed by atoms with E-state index in [1.54, 1.807) is 16.8 Å². The number of aryl methyl sites for hydroxylation is 2. The number of halogens is 1. The molecule has 0 fully saturated rings. The van der Waals surface area contributed by atoms with Crippen molar-refractivity contribution in [2.75, 3.05) is 5.32 Å². The van der Waals surface area contributed by atoms with Gasteiger partial charge in [-0.15, -0.1) is 0 Å². The van der Waals surface area contributed by atoms with Crippen molar-refractivity contribution in [2.24, 2.45) is 0 Å². The van der Waals surface area contributed by atoms with Crippen molar-refractivity contribution < 1.29 is 14.7 Å². The highest BCUT2D eigenvalue weighted by molar-refractivity contribution is 6.30. The van der Waals surface area contributed by atoms with Crippen molar-refractivity contribution in [2.45, 2.75) is 26.4 Å². The minimum Gasteiger partial charge on any atom is -0.481 e. The third-order valence-corrected chi connectivity index (χ3v) is 4.17. The maximum atomic E-state index is 12.5. The first-order chi connectivity index (χ1) is 12.9. The second-order valence-electron chi connectivity index (χ2n) is 6.00. The number of carboxylic acids is 1. The summed E-state index contributed by atoms with van der Waals surface area (Å²) in [5.74, 6) is -0.942. The third kappa shape index (κ3) is 4.73. The predicted molar refractivity (Wildman–Crippen MR) is 100.0 cm³/mol. The Morgan fingerprint density at radius 2 is 2.04 bits per heavy atom. The van der Waals surface area contributed by atoms with Gasteiger partial charge in [0.05, 0.1) is 19.5 Å². The summed E-state index contributed by atoms with van der Waals surface area (Å²) >= 11 is 6.01. The van der Waals surface area contributed by atoms with Crippen molar-refractivity contribution in [3.8, 4) is 0 Å². The first-order valence-electron chi connectivity index (χ1n) is 8.26. The molecule has 3 aromatic rings. The van der Waals surface area contributed by atoms with Crippen molar-refractivity contribution in [1.82, 2.24) is 19.6 Å². The molecule has 0 aliphatic rings. The van der Waals surface area contributed by atoms with E-state index in [0.717, 1.165) is 11.3 Å². The smallest absolute Gasteiger partial charge is 0.305 e. The van der Waals surface area contributed by atoms with E-state index in [1.165, 1.54) is 16.9 Å². The van der Waals surface area contributed by atoms with Crippen LogP contribution in [0, 0.1) is 6.92 Å². The van der Waals surface area contributed by atoms with Gasteiger partial charge < -0.3 is 10.4 Å². The van der Waals surface area contributed by atoms with Crippen LogP contribution in [0.3, 0.4) is 0 Å². The average Bonchev–Trinajstić information content (AvgIpc) is 3.20. The lowest BCUT2D eigenvalue weighted by Gasteiger charge is -2.06. The van der Waals surface area contributed by atoms with Crippen LogP contribution in [-0.2, 0) is 17.9 Å². The predicted octanol–water partition coefficient (Wildman–Crippen LogP) is 2.82. The van der Waals surface area contributed by atoms with E-state index in [1.807, 2.05) is 25.1 Å². The minimum atomic E-state index is -0.952. The first kappa shape index (κ1) is 18.7. The molecular weight excluding hydrogens is 370 g/mol. The van der Waals surface area contributed by atoms with Gasteiger partial charge in [-0.25, -0.2) is 0 Å². The van der Waals surface area contributed by atoms with E-state index >= 15 is 0 Å². The van der Waals surface area contributed by atoms with Crippen LogP contribution in [0.15, 0.2) is 42.6 Å². The number of hydrogen-bond acceptors (Lipinski definition) is 4. The average molecular weight is 388 g/mol. The van der Waals surface area contributed by atoms with E-state index in [0.29, 0.717) is 17.4 Å². The summed E-state index contributed by atoms with van der Waals surface area (Å²) in [6.07, 6.45) is 1.34. The van der Waals surface area contributed by atoms with Crippen molar-refractivity contribution in [3.05, 3.63) is 64.6 Å². The third-order valence-electron chi connectivity index (χ3n) is 3.93. The van der Waals surface area contributed by atoms with Gasteiger partial charge in [0.2, 0.25) is 0 Å². The second-order valence-corrected chi connectivity index (χ2v) is 6.43. The number of anilines is 1. The number of carboxylic acid groups (broad SMARTS) is 1. The molecular formula is C18H18ClN5O3. The standard InChI is InChI=1S/C18H18ClN5O3/c1-12-9-16(22-24(12)11-13-3-2-4-14(19)10-13)21-18(27)15-5-7-20-23(15)8-6-17(25)26/h2-5,7,9-10H,6,8,11H2,1H3,(H,25,26)(H,21,22,27). The molecule has 0 unspecified atom stereocenters. The summed E-state index contributed by atoms with van der Waals surface area (Å²) < 4.78 is 3.13. The molecule has 0 saturated heterocycles. The maximum Gasteiger partial charge on any atom is 0.305 e. The number of aliphatic carboxylic acids is 1. The Morgan fingerprint density at radius 1 is 1.22 bits per heavy atom. The lowest BCUT2D eigenvalue weighted by atomic mass is 10.2. The van der Waals surface area contributed by atoms with E-state index in [4.69, 9.17) is 16.7 Å². The number of hydrogen-bond donors (Lipinski definition) is 2. The first-order valence-corrected chi connectivity index (χ1v) is 8.64. The Bertz CT molecular complexity index is 979. The number of nitrogens with one attached hydrogen (secondary N) is 1. The number of nitrogens with zero attached hydrogens (tertiary/aromatic N) is 4. The van der Waals surface area contributed by atoms with E-state index in [9.17, 15) is 9.59 Å². The second kappa shape index (κ2) is 8.05. The molecule has 3 rings (SSSR count). The number of benzene rings is 1. The van der Waals surface area contributed by atoms with Gasteiger partial charge >= 0.3 is 5.97 Å². The molecule has 0 radical (unpaired) electrons.